The molecule has 2 unspecified atom stereocenters. The summed E-state index contributed by atoms with van der Waals surface area (Å²) < 4.78 is 1.73. The number of fused-ring (bicyclic) bond motifs is 1. The molecule has 1 aliphatic heterocycles. The first kappa shape index (κ1) is 18.5. The molecule has 6 nitrogen and oxygen atoms in total. The Hall–Kier alpha value is -2.83. The Morgan fingerprint density at radius 2 is 1.93 bits per heavy atom. The van der Waals surface area contributed by atoms with Crippen LogP contribution in [0.3, 0.4) is 0 Å². The number of hydrogen-bond donors (Lipinski definition) is 2. The molecule has 2 heterocycles. The zero-order valence-electron chi connectivity index (χ0n) is 14.9. The lowest BCUT2D eigenvalue weighted by molar-refractivity contribution is -0.118. The number of benzene rings is 2. The molecule has 0 aliphatic carbocycles. The van der Waals surface area contributed by atoms with Crippen molar-refractivity contribution in [3.05, 3.63) is 70.3 Å². The molecule has 4 rings (SSSR count). The lowest BCUT2D eigenvalue weighted by Gasteiger charge is -2.31. The van der Waals surface area contributed by atoms with Crippen molar-refractivity contribution in [1.82, 2.24) is 9.78 Å². The molecule has 8 heteroatoms. The first-order valence-corrected chi connectivity index (χ1v) is 9.40. The van der Waals surface area contributed by atoms with Crippen LogP contribution in [0.1, 0.15) is 18.5 Å². The Labute approximate surface area is 172 Å². The second kappa shape index (κ2) is 7.30. The Morgan fingerprint density at radius 3 is 2.68 bits per heavy atom. The number of nitrogens with one attached hydrogen (secondary N) is 1. The van der Waals surface area contributed by atoms with E-state index in [1.807, 2.05) is 25.1 Å². The molecule has 0 radical (unpaired) electrons. The van der Waals surface area contributed by atoms with Crippen molar-refractivity contribution < 1.29 is 4.79 Å². The van der Waals surface area contributed by atoms with Gasteiger partial charge in [-0.25, -0.2) is 9.67 Å². The molecule has 28 heavy (non-hydrogen) atoms. The lowest BCUT2D eigenvalue weighted by atomic mass is 9.87. The Bertz CT molecular complexity index is 1090. The van der Waals surface area contributed by atoms with E-state index in [-0.39, 0.29) is 5.91 Å². The highest BCUT2D eigenvalue weighted by atomic mass is 35.5. The van der Waals surface area contributed by atoms with E-state index < -0.39 is 12.0 Å². The maximum absolute atomic E-state index is 13.2. The average Bonchev–Trinajstić information content (AvgIpc) is 3.12. The number of aromatic nitrogens is 2. The number of nitrogens with zero attached hydrogens (tertiary/aromatic N) is 3. The zero-order valence-corrected chi connectivity index (χ0v) is 16.4. The van der Waals surface area contributed by atoms with E-state index in [0.29, 0.717) is 32.9 Å². The second-order valence-corrected chi connectivity index (χ2v) is 7.37. The molecule has 0 spiro atoms. The number of nitrogen functional groups attached to an aromatic ring is 1. The van der Waals surface area contributed by atoms with Crippen LogP contribution in [0.5, 0.6) is 0 Å². The summed E-state index contributed by atoms with van der Waals surface area (Å²) in [5.74, 6) is -0.141. The topological polar surface area (TPSA) is 85.3 Å². The van der Waals surface area contributed by atoms with E-state index in [2.05, 4.69) is 15.4 Å². The lowest BCUT2D eigenvalue weighted by Crippen LogP contribution is -2.39. The van der Waals surface area contributed by atoms with Gasteiger partial charge in [-0.3, -0.25) is 4.79 Å². The second-order valence-electron chi connectivity index (χ2n) is 6.56. The first-order valence-electron chi connectivity index (χ1n) is 8.64. The van der Waals surface area contributed by atoms with Crippen LogP contribution in [0.2, 0.25) is 10.0 Å². The SMILES string of the molecule is CC1=Nc2ccnn2C(c2ccc(Cl)c(Cl)c2)C1C(=O)Nc1ccccc1N. The van der Waals surface area contributed by atoms with E-state index in [0.717, 1.165) is 5.56 Å². The van der Waals surface area contributed by atoms with Gasteiger partial charge in [0.2, 0.25) is 5.91 Å². The number of amides is 1. The smallest absolute Gasteiger partial charge is 0.235 e. The van der Waals surface area contributed by atoms with Gasteiger partial charge in [0.1, 0.15) is 5.92 Å². The highest BCUT2D eigenvalue weighted by Crippen LogP contribution is 2.38. The summed E-state index contributed by atoms with van der Waals surface area (Å²) in [7, 11) is 0. The molecule has 1 amide bonds. The minimum absolute atomic E-state index is 0.226. The van der Waals surface area contributed by atoms with Crippen LogP contribution in [0.4, 0.5) is 17.2 Å². The summed E-state index contributed by atoms with van der Waals surface area (Å²) in [6, 6.07) is 13.8. The van der Waals surface area contributed by atoms with Crippen LogP contribution in [-0.4, -0.2) is 21.4 Å². The van der Waals surface area contributed by atoms with Crippen molar-refractivity contribution >= 4 is 52.0 Å². The molecule has 2 atom stereocenters. The van der Waals surface area contributed by atoms with Gasteiger partial charge in [0.15, 0.2) is 5.82 Å². The maximum atomic E-state index is 13.2. The number of para-hydroxylation sites is 2. The Morgan fingerprint density at radius 1 is 1.14 bits per heavy atom. The fourth-order valence-electron chi connectivity index (χ4n) is 3.41. The molecule has 142 valence electrons. The quantitative estimate of drug-likeness (QED) is 0.608. The van der Waals surface area contributed by atoms with E-state index in [1.165, 1.54) is 0 Å². The third-order valence-electron chi connectivity index (χ3n) is 4.76. The van der Waals surface area contributed by atoms with Crippen LogP contribution in [0.25, 0.3) is 0 Å². The molecule has 1 aromatic heterocycles. The molecular formula is C20H17Cl2N5O. The summed E-state index contributed by atoms with van der Waals surface area (Å²) in [6.45, 7) is 1.83. The van der Waals surface area contributed by atoms with Gasteiger partial charge >= 0.3 is 0 Å². The molecule has 0 bridgehead atoms. The van der Waals surface area contributed by atoms with Crippen LogP contribution in [0, 0.1) is 5.92 Å². The predicted molar refractivity (Wildman–Crippen MR) is 113 cm³/mol. The van der Waals surface area contributed by atoms with Crippen molar-refractivity contribution in [1.29, 1.82) is 0 Å². The van der Waals surface area contributed by atoms with Gasteiger partial charge in [0, 0.05) is 11.8 Å². The molecule has 0 saturated carbocycles. The van der Waals surface area contributed by atoms with E-state index >= 15 is 0 Å². The highest BCUT2D eigenvalue weighted by molar-refractivity contribution is 6.42. The van der Waals surface area contributed by atoms with Gasteiger partial charge in [-0.05, 0) is 36.8 Å². The molecular weight excluding hydrogens is 397 g/mol. The minimum atomic E-state index is -0.593. The van der Waals surface area contributed by atoms with Crippen molar-refractivity contribution in [2.75, 3.05) is 11.1 Å². The third-order valence-corrected chi connectivity index (χ3v) is 5.49. The van der Waals surface area contributed by atoms with Gasteiger partial charge in [0.05, 0.1) is 33.7 Å². The standard InChI is InChI=1S/C20H17Cl2N5O/c1-11-18(20(28)26-16-5-3-2-4-15(16)23)19(27-17(25-11)8-9-24-27)12-6-7-13(21)14(22)10-12/h2-10,18-19H,23H2,1H3,(H,26,28). The number of aliphatic imine (C=N–C) groups is 1. The number of carbonyl (C=O) groups is 1. The van der Waals surface area contributed by atoms with Crippen molar-refractivity contribution in [3.63, 3.8) is 0 Å². The predicted octanol–water partition coefficient (Wildman–Crippen LogP) is 4.72. The summed E-state index contributed by atoms with van der Waals surface area (Å²) in [5, 5.41) is 8.17. The Kier molecular flexibility index (Phi) is 4.83. The molecule has 3 N–H and O–H groups in total. The van der Waals surface area contributed by atoms with Crippen molar-refractivity contribution in [2.24, 2.45) is 10.9 Å². The van der Waals surface area contributed by atoms with Gasteiger partial charge in [-0.1, -0.05) is 41.4 Å². The summed E-state index contributed by atoms with van der Waals surface area (Å²) in [6.07, 6.45) is 1.66. The number of rotatable bonds is 3. The van der Waals surface area contributed by atoms with E-state index in [1.54, 1.807) is 41.2 Å². The monoisotopic (exact) mass is 413 g/mol. The summed E-state index contributed by atoms with van der Waals surface area (Å²) in [4.78, 5) is 17.8. The van der Waals surface area contributed by atoms with Gasteiger partial charge < -0.3 is 11.1 Å². The number of hydrogen-bond acceptors (Lipinski definition) is 4. The normalized spacial score (nSPS) is 18.3. The third kappa shape index (κ3) is 3.25. The maximum Gasteiger partial charge on any atom is 0.235 e. The fourth-order valence-corrected chi connectivity index (χ4v) is 3.72. The van der Waals surface area contributed by atoms with Crippen molar-refractivity contribution in [2.45, 2.75) is 13.0 Å². The molecule has 0 fully saturated rings. The number of anilines is 2. The van der Waals surface area contributed by atoms with Crippen LogP contribution in [-0.2, 0) is 4.79 Å². The molecule has 1 aliphatic rings. The fraction of sp³-hybridized carbons (Fsp3) is 0.150. The van der Waals surface area contributed by atoms with E-state index in [4.69, 9.17) is 28.9 Å². The van der Waals surface area contributed by atoms with Gasteiger partial charge in [-0.15, -0.1) is 0 Å². The minimum Gasteiger partial charge on any atom is -0.397 e. The summed E-state index contributed by atoms with van der Waals surface area (Å²) >= 11 is 12.3. The summed E-state index contributed by atoms with van der Waals surface area (Å²) in [5.41, 5.74) is 8.52. The van der Waals surface area contributed by atoms with Gasteiger partial charge in [-0.2, -0.15) is 5.10 Å². The number of halogens is 2. The molecule has 3 aromatic rings. The number of carbonyl (C=O) groups excluding carboxylic acids is 1. The van der Waals surface area contributed by atoms with Gasteiger partial charge in [0.25, 0.3) is 0 Å². The first-order chi connectivity index (χ1) is 13.5. The van der Waals surface area contributed by atoms with E-state index in [9.17, 15) is 4.79 Å². The highest BCUT2D eigenvalue weighted by Gasteiger charge is 2.38. The Balaban J connectivity index is 1.78. The largest absolute Gasteiger partial charge is 0.397 e. The molecule has 0 saturated heterocycles. The van der Waals surface area contributed by atoms with Crippen LogP contribution < -0.4 is 11.1 Å². The van der Waals surface area contributed by atoms with Crippen molar-refractivity contribution in [3.8, 4) is 0 Å². The van der Waals surface area contributed by atoms with Crippen LogP contribution >= 0.6 is 23.2 Å². The average molecular weight is 414 g/mol. The number of nitrogens with two attached hydrogens (primary N) is 1. The molecule has 2 aromatic carbocycles. The van der Waals surface area contributed by atoms with Crippen LogP contribution in [0.15, 0.2) is 59.7 Å². The zero-order chi connectivity index (χ0) is 19.8.